The minimum Gasteiger partial charge on any atom is -0.358 e. The van der Waals surface area contributed by atoms with Crippen molar-refractivity contribution in [3.8, 4) is 0 Å². The van der Waals surface area contributed by atoms with Crippen LogP contribution in [0.25, 0.3) is 0 Å². The molecular weight excluding hydrogens is 134 g/mol. The summed E-state index contributed by atoms with van der Waals surface area (Å²) < 4.78 is 0. The normalized spacial score (nSPS) is 7.50. The van der Waals surface area contributed by atoms with Crippen molar-refractivity contribution in [2.45, 2.75) is 26.3 Å². The third kappa shape index (κ3) is 473. The fraction of sp³-hybridized carbons (Fsp3) is 0.667. The summed E-state index contributed by atoms with van der Waals surface area (Å²) in [6, 6.07) is 0. The van der Waals surface area contributed by atoms with Crippen LogP contribution >= 0.6 is 0 Å². The van der Waals surface area contributed by atoms with E-state index in [0.717, 1.165) is 0 Å². The van der Waals surface area contributed by atoms with E-state index in [2.05, 4.69) is 0 Å². The van der Waals surface area contributed by atoms with Crippen molar-refractivity contribution in [2.75, 3.05) is 0 Å². The Morgan fingerprint density at radius 3 is 1.00 bits per heavy atom. The summed E-state index contributed by atoms with van der Waals surface area (Å²) in [5.74, 6) is 0. The largest absolute Gasteiger partial charge is 2.00 e. The molecule has 0 atom stereocenters. The van der Waals surface area contributed by atoms with Gasteiger partial charge in [0.05, 0.1) is 0 Å². The molecule has 0 heterocycles. The summed E-state index contributed by atoms with van der Waals surface area (Å²) in [5.41, 5.74) is 5.35. The second kappa shape index (κ2) is 7.67. The average molecular weight is 151 g/mol. The van der Waals surface area contributed by atoms with Crippen LogP contribution in [0, 0.1) is 14.9 Å². The van der Waals surface area contributed by atoms with Gasteiger partial charge in [-0.15, -0.1) is 0 Å². The van der Waals surface area contributed by atoms with Gasteiger partial charge in [-0.3, -0.25) is 0 Å². The number of rotatable bonds is 0. The van der Waals surface area contributed by atoms with Gasteiger partial charge < -0.3 is 20.6 Å². The Balaban J connectivity index is -0.0000000267. The maximum absolute atomic E-state index is 5.35. The third-order valence-electron chi connectivity index (χ3n) is 0. The second-order valence-electron chi connectivity index (χ2n) is 2.37. The van der Waals surface area contributed by atoms with Crippen molar-refractivity contribution in [1.29, 1.82) is 0 Å². The molecule has 50 valence electrons. The molecule has 8 heavy (non-hydrogen) atoms. The summed E-state index contributed by atoms with van der Waals surface area (Å²) in [6.45, 7) is 5.90. The summed E-state index contributed by atoms with van der Waals surface area (Å²) in [4.78, 5) is 0. The number of hydrogen-bond acceptors (Lipinski definition) is 1. The van der Waals surface area contributed by atoms with Crippen LogP contribution in [-0.2, 0) is 21.7 Å². The molecule has 0 rings (SSSR count). The molecule has 0 bridgehead atoms. The van der Waals surface area contributed by atoms with Crippen LogP contribution < -0.4 is 5.73 Å². The molecule has 0 radical (unpaired) electrons. The Labute approximate surface area is 68.9 Å². The van der Waals surface area contributed by atoms with E-state index in [1.165, 1.54) is 0 Å². The fourth-order valence-corrected chi connectivity index (χ4v) is 0. The summed E-state index contributed by atoms with van der Waals surface area (Å²) in [7, 11) is 0. The van der Waals surface area contributed by atoms with E-state index in [1.54, 1.807) is 0 Å². The van der Waals surface area contributed by atoms with Crippen LogP contribution in [-0.4, -0.2) is 5.54 Å². The van der Waals surface area contributed by atoms with Crippen molar-refractivity contribution in [3.63, 3.8) is 0 Å². The molecule has 0 unspecified atom stereocenters. The van der Waals surface area contributed by atoms with Crippen LogP contribution in [0.1, 0.15) is 20.8 Å². The van der Waals surface area contributed by atoms with Gasteiger partial charge in [-0.25, -0.2) is 0 Å². The molecule has 2 heteroatoms. The van der Waals surface area contributed by atoms with Gasteiger partial charge in [0, 0.05) is 5.54 Å². The Kier molecular flexibility index (Phi) is 22.4. The van der Waals surface area contributed by atoms with Gasteiger partial charge in [0.15, 0.2) is 0 Å². The maximum atomic E-state index is 5.35. The van der Waals surface area contributed by atoms with Gasteiger partial charge in [-0.05, 0) is 20.8 Å². The molecule has 0 aliphatic carbocycles. The SMILES string of the molecule is CC(C)(C)N.[CH3-].[CH3-].[Ti+2]. The standard InChI is InChI=1S/C4H11N.2CH3.Ti/c1-4(2,3)5;;;/h5H2,1-3H3;2*1H3;/q;2*-1;+2. The van der Waals surface area contributed by atoms with Crippen molar-refractivity contribution in [3.05, 3.63) is 14.9 Å². The first-order valence-electron chi connectivity index (χ1n) is 1.79. The average Bonchev–Trinajstić information content (AvgIpc) is 0.722. The van der Waals surface area contributed by atoms with Crippen LogP contribution in [0.5, 0.6) is 0 Å². The Hall–Kier alpha value is 0.674. The molecule has 0 amide bonds. The number of hydrogen-bond donors (Lipinski definition) is 1. The molecule has 1 nitrogen and oxygen atoms in total. The van der Waals surface area contributed by atoms with E-state index in [0.29, 0.717) is 0 Å². The summed E-state index contributed by atoms with van der Waals surface area (Å²) in [5, 5.41) is 0. The van der Waals surface area contributed by atoms with Gasteiger partial charge in [0.2, 0.25) is 0 Å². The second-order valence-corrected chi connectivity index (χ2v) is 2.37. The van der Waals surface area contributed by atoms with Gasteiger partial charge in [0.25, 0.3) is 0 Å². The molecule has 2 N–H and O–H groups in total. The van der Waals surface area contributed by atoms with Gasteiger partial charge in [-0.1, -0.05) is 0 Å². The first-order valence-corrected chi connectivity index (χ1v) is 1.79. The molecule has 0 aliphatic heterocycles. The van der Waals surface area contributed by atoms with E-state index in [4.69, 9.17) is 5.73 Å². The van der Waals surface area contributed by atoms with Crippen LogP contribution in [0.3, 0.4) is 0 Å². The topological polar surface area (TPSA) is 26.0 Å². The van der Waals surface area contributed by atoms with Crippen LogP contribution in [0.2, 0.25) is 0 Å². The first kappa shape index (κ1) is 23.4. The van der Waals surface area contributed by atoms with Gasteiger partial charge in [0.1, 0.15) is 0 Å². The Morgan fingerprint density at radius 2 is 1.00 bits per heavy atom. The van der Waals surface area contributed by atoms with Gasteiger partial charge in [-0.2, -0.15) is 0 Å². The zero-order valence-corrected chi connectivity index (χ0v) is 8.14. The Bertz CT molecular complexity index is 24.0. The molecule has 0 spiro atoms. The minimum atomic E-state index is 0. The molecule has 0 fully saturated rings. The molecule has 0 aliphatic rings. The van der Waals surface area contributed by atoms with E-state index in [9.17, 15) is 0 Å². The smallest absolute Gasteiger partial charge is 0.358 e. The quantitative estimate of drug-likeness (QED) is 0.413. The predicted molar refractivity (Wildman–Crippen MR) is 36.8 cm³/mol. The van der Waals surface area contributed by atoms with Crippen molar-refractivity contribution in [1.82, 2.24) is 0 Å². The van der Waals surface area contributed by atoms with Crippen molar-refractivity contribution >= 4 is 0 Å². The molecule has 0 aromatic heterocycles. The molecule has 0 saturated heterocycles. The summed E-state index contributed by atoms with van der Waals surface area (Å²) in [6.07, 6.45) is 0. The van der Waals surface area contributed by atoms with E-state index in [-0.39, 0.29) is 42.1 Å². The first-order chi connectivity index (χ1) is 2.00. The van der Waals surface area contributed by atoms with Crippen molar-refractivity contribution < 1.29 is 21.7 Å². The molecule has 0 aromatic rings. The van der Waals surface area contributed by atoms with Crippen molar-refractivity contribution in [2.24, 2.45) is 5.73 Å². The Morgan fingerprint density at radius 1 is 1.00 bits per heavy atom. The zero-order valence-electron chi connectivity index (χ0n) is 6.58. The molecule has 0 aromatic carbocycles. The molecule has 0 saturated carbocycles. The monoisotopic (exact) mass is 151 g/mol. The minimum absolute atomic E-state index is 0. The van der Waals surface area contributed by atoms with Crippen LogP contribution in [0.15, 0.2) is 0 Å². The van der Waals surface area contributed by atoms with E-state index < -0.39 is 0 Å². The third-order valence-corrected chi connectivity index (χ3v) is 0. The van der Waals surface area contributed by atoms with Crippen LogP contribution in [0.4, 0.5) is 0 Å². The predicted octanol–water partition coefficient (Wildman–Crippen LogP) is 1.64. The maximum Gasteiger partial charge on any atom is 2.00 e. The summed E-state index contributed by atoms with van der Waals surface area (Å²) >= 11 is 0. The van der Waals surface area contributed by atoms with E-state index >= 15 is 0 Å². The number of nitrogens with two attached hydrogens (primary N) is 1. The van der Waals surface area contributed by atoms with E-state index in [1.807, 2.05) is 20.8 Å². The van der Waals surface area contributed by atoms with Gasteiger partial charge >= 0.3 is 21.7 Å². The fourth-order valence-electron chi connectivity index (χ4n) is 0. The zero-order chi connectivity index (χ0) is 4.50. The molecular formula is C6H17NTi.